The first-order valence-electron chi connectivity index (χ1n) is 7.47. The summed E-state index contributed by atoms with van der Waals surface area (Å²) in [5.41, 5.74) is -0.0923. The van der Waals surface area contributed by atoms with Crippen LogP contribution in [-0.2, 0) is 4.79 Å². The Kier molecular flexibility index (Phi) is 4.96. The van der Waals surface area contributed by atoms with Crippen molar-refractivity contribution in [3.05, 3.63) is 29.8 Å². The smallest absolute Gasteiger partial charge is 0.256 e. The second kappa shape index (κ2) is 6.72. The summed E-state index contributed by atoms with van der Waals surface area (Å²) >= 11 is 0. The Morgan fingerprint density at radius 3 is 2.38 bits per heavy atom. The first-order chi connectivity index (χ1) is 10.0. The van der Waals surface area contributed by atoms with Gasteiger partial charge in [0.25, 0.3) is 11.8 Å². The number of aliphatic hydroxyl groups is 1. The average Bonchev–Trinajstić information content (AvgIpc) is 2.94. The quantitative estimate of drug-likeness (QED) is 0.777. The van der Waals surface area contributed by atoms with Crippen molar-refractivity contribution in [3.8, 4) is 0 Å². The summed E-state index contributed by atoms with van der Waals surface area (Å²) in [5, 5.41) is 15.7. The molecule has 1 saturated carbocycles. The molecule has 0 spiro atoms. The molecular formula is C16H22N2O3. The molecule has 114 valence electrons. The van der Waals surface area contributed by atoms with Crippen molar-refractivity contribution in [2.24, 2.45) is 0 Å². The monoisotopic (exact) mass is 290 g/mol. The summed E-state index contributed by atoms with van der Waals surface area (Å²) in [4.78, 5) is 23.8. The standard InChI is InChI=1S/C16H22N2O3/c1-2-11-17-14(19)12-5-7-13(8-6-12)18-15(20)16(21)9-3-4-10-16/h5-8,21H,2-4,9-11H2,1H3,(H,17,19)(H,18,20). The highest BCUT2D eigenvalue weighted by atomic mass is 16.3. The first-order valence-corrected chi connectivity index (χ1v) is 7.47. The van der Waals surface area contributed by atoms with Crippen LogP contribution in [0.2, 0.25) is 0 Å². The average molecular weight is 290 g/mol. The van der Waals surface area contributed by atoms with E-state index < -0.39 is 5.60 Å². The Balaban J connectivity index is 1.96. The van der Waals surface area contributed by atoms with Crippen LogP contribution in [0.4, 0.5) is 5.69 Å². The number of carbonyl (C=O) groups is 2. The lowest BCUT2D eigenvalue weighted by Crippen LogP contribution is -2.40. The highest BCUT2D eigenvalue weighted by Gasteiger charge is 2.38. The topological polar surface area (TPSA) is 78.4 Å². The minimum atomic E-state index is -1.24. The third kappa shape index (κ3) is 3.82. The summed E-state index contributed by atoms with van der Waals surface area (Å²) in [6.45, 7) is 2.64. The largest absolute Gasteiger partial charge is 0.380 e. The Morgan fingerprint density at radius 1 is 1.19 bits per heavy atom. The van der Waals surface area contributed by atoms with Gasteiger partial charge in [-0.3, -0.25) is 9.59 Å². The van der Waals surface area contributed by atoms with Crippen LogP contribution in [-0.4, -0.2) is 29.1 Å². The van der Waals surface area contributed by atoms with Crippen LogP contribution in [0.1, 0.15) is 49.4 Å². The predicted octanol–water partition coefficient (Wildman–Crippen LogP) is 2.07. The van der Waals surface area contributed by atoms with Gasteiger partial charge in [0.05, 0.1) is 0 Å². The van der Waals surface area contributed by atoms with Crippen molar-refractivity contribution in [3.63, 3.8) is 0 Å². The molecule has 1 aromatic rings. The molecule has 2 rings (SSSR count). The molecule has 0 aliphatic heterocycles. The lowest BCUT2D eigenvalue weighted by Gasteiger charge is -2.20. The second-order valence-electron chi connectivity index (χ2n) is 5.53. The molecule has 1 aromatic carbocycles. The maximum atomic E-state index is 12.1. The molecule has 0 aromatic heterocycles. The van der Waals surface area contributed by atoms with Gasteiger partial charge in [0, 0.05) is 17.8 Å². The van der Waals surface area contributed by atoms with Crippen molar-refractivity contribution >= 4 is 17.5 Å². The molecule has 5 nitrogen and oxygen atoms in total. The Labute approximate surface area is 124 Å². The predicted molar refractivity (Wildman–Crippen MR) is 81.1 cm³/mol. The third-order valence-corrected chi connectivity index (χ3v) is 3.79. The molecule has 0 saturated heterocycles. The highest BCUT2D eigenvalue weighted by molar-refractivity contribution is 5.98. The number of hydrogen-bond donors (Lipinski definition) is 3. The Hall–Kier alpha value is -1.88. The molecule has 0 atom stereocenters. The number of carbonyl (C=O) groups excluding carboxylic acids is 2. The van der Waals surface area contributed by atoms with E-state index >= 15 is 0 Å². The molecule has 0 heterocycles. The molecule has 3 N–H and O–H groups in total. The molecule has 0 radical (unpaired) electrons. The van der Waals surface area contributed by atoms with Gasteiger partial charge in [-0.25, -0.2) is 0 Å². The van der Waals surface area contributed by atoms with Crippen LogP contribution in [0, 0.1) is 0 Å². The van der Waals surface area contributed by atoms with E-state index in [1.807, 2.05) is 6.92 Å². The van der Waals surface area contributed by atoms with E-state index in [9.17, 15) is 14.7 Å². The molecule has 0 bridgehead atoms. The zero-order chi connectivity index (χ0) is 15.3. The zero-order valence-electron chi connectivity index (χ0n) is 12.3. The van der Waals surface area contributed by atoms with Gasteiger partial charge in [0.15, 0.2) is 0 Å². The van der Waals surface area contributed by atoms with E-state index in [1.165, 1.54) is 0 Å². The minimum Gasteiger partial charge on any atom is -0.380 e. The van der Waals surface area contributed by atoms with Gasteiger partial charge in [-0.2, -0.15) is 0 Å². The summed E-state index contributed by atoms with van der Waals surface area (Å²) in [6.07, 6.45) is 3.66. The number of rotatable bonds is 5. The van der Waals surface area contributed by atoms with Crippen LogP contribution in [0.25, 0.3) is 0 Å². The van der Waals surface area contributed by atoms with Gasteiger partial charge >= 0.3 is 0 Å². The molecule has 5 heteroatoms. The van der Waals surface area contributed by atoms with Gasteiger partial charge in [-0.15, -0.1) is 0 Å². The minimum absolute atomic E-state index is 0.121. The molecule has 1 fully saturated rings. The Morgan fingerprint density at radius 2 is 1.81 bits per heavy atom. The van der Waals surface area contributed by atoms with Gasteiger partial charge in [-0.05, 0) is 56.4 Å². The van der Waals surface area contributed by atoms with E-state index in [4.69, 9.17) is 0 Å². The van der Waals surface area contributed by atoms with Gasteiger partial charge in [0.2, 0.25) is 0 Å². The fourth-order valence-electron chi connectivity index (χ4n) is 2.48. The SMILES string of the molecule is CCCNC(=O)c1ccc(NC(=O)C2(O)CCCC2)cc1. The number of nitrogens with one attached hydrogen (secondary N) is 2. The molecular weight excluding hydrogens is 268 g/mol. The summed E-state index contributed by atoms with van der Waals surface area (Å²) in [7, 11) is 0. The van der Waals surface area contributed by atoms with Crippen LogP contribution in [0.3, 0.4) is 0 Å². The van der Waals surface area contributed by atoms with Crippen molar-refractivity contribution in [1.29, 1.82) is 0 Å². The fraction of sp³-hybridized carbons (Fsp3) is 0.500. The third-order valence-electron chi connectivity index (χ3n) is 3.79. The van der Waals surface area contributed by atoms with Crippen molar-refractivity contribution in [2.75, 3.05) is 11.9 Å². The second-order valence-corrected chi connectivity index (χ2v) is 5.53. The highest BCUT2D eigenvalue weighted by Crippen LogP contribution is 2.30. The van der Waals surface area contributed by atoms with Crippen molar-refractivity contribution < 1.29 is 14.7 Å². The number of hydrogen-bond acceptors (Lipinski definition) is 3. The number of benzene rings is 1. The normalized spacial score (nSPS) is 16.5. The van der Waals surface area contributed by atoms with E-state index in [0.717, 1.165) is 19.3 Å². The van der Waals surface area contributed by atoms with Gasteiger partial charge < -0.3 is 15.7 Å². The van der Waals surface area contributed by atoms with E-state index in [1.54, 1.807) is 24.3 Å². The van der Waals surface area contributed by atoms with E-state index in [-0.39, 0.29) is 11.8 Å². The molecule has 0 unspecified atom stereocenters. The van der Waals surface area contributed by atoms with Gasteiger partial charge in [-0.1, -0.05) is 6.92 Å². The fourth-order valence-corrected chi connectivity index (χ4v) is 2.48. The Bertz CT molecular complexity index is 505. The van der Waals surface area contributed by atoms with Crippen LogP contribution in [0.15, 0.2) is 24.3 Å². The molecule has 1 aliphatic rings. The molecule has 2 amide bonds. The zero-order valence-corrected chi connectivity index (χ0v) is 12.3. The van der Waals surface area contributed by atoms with E-state index in [2.05, 4.69) is 10.6 Å². The van der Waals surface area contributed by atoms with Crippen LogP contribution >= 0.6 is 0 Å². The summed E-state index contributed by atoms with van der Waals surface area (Å²) in [6, 6.07) is 6.69. The van der Waals surface area contributed by atoms with Crippen LogP contribution in [0.5, 0.6) is 0 Å². The summed E-state index contributed by atoms with van der Waals surface area (Å²) in [5.74, 6) is -0.479. The van der Waals surface area contributed by atoms with Gasteiger partial charge in [0.1, 0.15) is 5.60 Å². The van der Waals surface area contributed by atoms with Crippen molar-refractivity contribution in [2.45, 2.75) is 44.6 Å². The number of amides is 2. The maximum Gasteiger partial charge on any atom is 0.256 e. The first kappa shape index (κ1) is 15.5. The van der Waals surface area contributed by atoms with Crippen molar-refractivity contribution in [1.82, 2.24) is 5.32 Å². The number of anilines is 1. The lowest BCUT2D eigenvalue weighted by molar-refractivity contribution is -0.133. The lowest BCUT2D eigenvalue weighted by atomic mass is 10.0. The van der Waals surface area contributed by atoms with Crippen LogP contribution < -0.4 is 10.6 Å². The molecule has 21 heavy (non-hydrogen) atoms. The molecule has 1 aliphatic carbocycles. The summed E-state index contributed by atoms with van der Waals surface area (Å²) < 4.78 is 0. The maximum absolute atomic E-state index is 12.1. The van der Waals surface area contributed by atoms with E-state index in [0.29, 0.717) is 30.6 Å².